The number of aromatic nitrogens is 1. The van der Waals surface area contributed by atoms with Crippen molar-refractivity contribution >= 4 is 22.6 Å². The molecular weight excluding hydrogens is 300 g/mol. The van der Waals surface area contributed by atoms with Crippen molar-refractivity contribution in [2.24, 2.45) is 7.05 Å². The van der Waals surface area contributed by atoms with Crippen LogP contribution in [0.4, 0.5) is 0 Å². The Bertz CT molecular complexity index is 941. The molecule has 1 aromatic heterocycles. The third-order valence-electron chi connectivity index (χ3n) is 4.70. The van der Waals surface area contributed by atoms with Gasteiger partial charge in [-0.2, -0.15) is 0 Å². The molecule has 0 bridgehead atoms. The first-order chi connectivity index (χ1) is 11.7. The third kappa shape index (κ3) is 2.22. The zero-order chi connectivity index (χ0) is 16.7. The Morgan fingerprint density at radius 2 is 1.67 bits per heavy atom. The number of ketones is 1. The van der Waals surface area contributed by atoms with Crippen LogP contribution in [0.1, 0.15) is 32.8 Å². The molecule has 1 amide bonds. The Kier molecular flexibility index (Phi) is 3.45. The van der Waals surface area contributed by atoms with Crippen LogP contribution in [0.2, 0.25) is 0 Å². The average Bonchev–Trinajstić information content (AvgIpc) is 2.85. The summed E-state index contributed by atoms with van der Waals surface area (Å²) in [7, 11) is 1.86. The summed E-state index contributed by atoms with van der Waals surface area (Å²) in [5, 5.41) is 0.870. The van der Waals surface area contributed by atoms with E-state index in [1.54, 1.807) is 4.90 Å². The first-order valence-electron chi connectivity index (χ1n) is 8.10. The minimum absolute atomic E-state index is 0.0470. The van der Waals surface area contributed by atoms with Gasteiger partial charge >= 0.3 is 0 Å². The second-order valence-electron chi connectivity index (χ2n) is 6.19. The van der Waals surface area contributed by atoms with Crippen LogP contribution >= 0.6 is 0 Å². The molecule has 3 aromatic rings. The standard InChI is InChI=1S/C20H18N2O2/c1-21-16-10-6-5-9-15(16)18-17(23)11-12-22(20(24)19(18)21)13-14-7-3-2-4-8-14/h2-10H,11-13H2,1H3. The van der Waals surface area contributed by atoms with Crippen molar-refractivity contribution in [2.45, 2.75) is 13.0 Å². The molecule has 4 rings (SSSR count). The first kappa shape index (κ1) is 14.7. The van der Waals surface area contributed by atoms with E-state index in [4.69, 9.17) is 0 Å². The molecule has 1 aliphatic heterocycles. The number of nitrogens with zero attached hydrogens (tertiary/aromatic N) is 2. The highest BCUT2D eigenvalue weighted by molar-refractivity contribution is 6.17. The van der Waals surface area contributed by atoms with E-state index in [2.05, 4.69) is 0 Å². The van der Waals surface area contributed by atoms with Gasteiger partial charge in [-0.05, 0) is 11.6 Å². The van der Waals surface area contributed by atoms with Crippen molar-refractivity contribution in [2.75, 3.05) is 6.54 Å². The largest absolute Gasteiger partial charge is 0.339 e. The van der Waals surface area contributed by atoms with E-state index in [1.807, 2.05) is 66.2 Å². The molecule has 0 saturated carbocycles. The molecular formula is C20H18N2O2. The lowest BCUT2D eigenvalue weighted by Crippen LogP contribution is -2.31. The summed E-state index contributed by atoms with van der Waals surface area (Å²) in [5.74, 6) is -0.0240. The van der Waals surface area contributed by atoms with Crippen molar-refractivity contribution < 1.29 is 9.59 Å². The summed E-state index contributed by atoms with van der Waals surface area (Å²) in [6.07, 6.45) is 0.361. The predicted molar refractivity (Wildman–Crippen MR) is 93.0 cm³/mol. The number of aryl methyl sites for hydroxylation is 1. The molecule has 0 atom stereocenters. The second-order valence-corrected chi connectivity index (χ2v) is 6.19. The topological polar surface area (TPSA) is 42.3 Å². The van der Waals surface area contributed by atoms with E-state index in [0.717, 1.165) is 16.5 Å². The number of carbonyl (C=O) groups is 2. The molecule has 0 aliphatic carbocycles. The van der Waals surface area contributed by atoms with Crippen molar-refractivity contribution in [3.8, 4) is 0 Å². The van der Waals surface area contributed by atoms with Crippen LogP contribution in [0, 0.1) is 0 Å². The molecule has 0 fully saturated rings. The van der Waals surface area contributed by atoms with Gasteiger partial charge in [0.05, 0.1) is 5.56 Å². The van der Waals surface area contributed by atoms with Crippen LogP contribution in [0.5, 0.6) is 0 Å². The quantitative estimate of drug-likeness (QED) is 0.727. The molecule has 0 unspecified atom stereocenters. The van der Waals surface area contributed by atoms with Gasteiger partial charge in [-0.15, -0.1) is 0 Å². The van der Waals surface area contributed by atoms with E-state index in [1.165, 1.54) is 0 Å². The lowest BCUT2D eigenvalue weighted by Gasteiger charge is -2.21. The lowest BCUT2D eigenvalue weighted by molar-refractivity contribution is 0.0737. The fourth-order valence-electron chi connectivity index (χ4n) is 3.49. The summed E-state index contributed by atoms with van der Waals surface area (Å²) >= 11 is 0. The Balaban J connectivity index is 1.82. The van der Waals surface area contributed by atoms with Gasteiger partial charge in [0.25, 0.3) is 5.91 Å². The van der Waals surface area contributed by atoms with Gasteiger partial charge in [-0.1, -0.05) is 48.5 Å². The third-order valence-corrected chi connectivity index (χ3v) is 4.70. The number of para-hydroxylation sites is 1. The van der Waals surface area contributed by atoms with Gasteiger partial charge in [0, 0.05) is 37.5 Å². The SMILES string of the molecule is Cn1c2c(c3ccccc31)C(=O)CCN(Cc1ccccc1)C2=O. The highest BCUT2D eigenvalue weighted by atomic mass is 16.2. The zero-order valence-electron chi connectivity index (χ0n) is 13.5. The van der Waals surface area contributed by atoms with E-state index in [-0.39, 0.29) is 11.7 Å². The number of benzene rings is 2. The van der Waals surface area contributed by atoms with Gasteiger partial charge in [-0.25, -0.2) is 0 Å². The van der Waals surface area contributed by atoms with E-state index >= 15 is 0 Å². The molecule has 4 nitrogen and oxygen atoms in total. The van der Waals surface area contributed by atoms with Gasteiger partial charge in [0.2, 0.25) is 0 Å². The van der Waals surface area contributed by atoms with E-state index < -0.39 is 0 Å². The monoisotopic (exact) mass is 318 g/mol. The van der Waals surface area contributed by atoms with Crippen LogP contribution in [-0.4, -0.2) is 27.7 Å². The van der Waals surface area contributed by atoms with Gasteiger partial charge in [-0.3, -0.25) is 9.59 Å². The van der Waals surface area contributed by atoms with Crippen LogP contribution < -0.4 is 0 Å². The van der Waals surface area contributed by atoms with Gasteiger partial charge in [0.15, 0.2) is 5.78 Å². The normalized spacial score (nSPS) is 14.8. The summed E-state index contributed by atoms with van der Waals surface area (Å²) in [4.78, 5) is 27.6. The Morgan fingerprint density at radius 1 is 0.958 bits per heavy atom. The molecule has 0 radical (unpaired) electrons. The summed E-state index contributed by atoms with van der Waals surface area (Å²) in [5.41, 5.74) is 3.08. The fourth-order valence-corrected chi connectivity index (χ4v) is 3.49. The van der Waals surface area contributed by atoms with Crippen LogP contribution in [0.3, 0.4) is 0 Å². The van der Waals surface area contributed by atoms with E-state index in [0.29, 0.717) is 30.8 Å². The van der Waals surface area contributed by atoms with Gasteiger partial charge in [0.1, 0.15) is 5.69 Å². The zero-order valence-corrected chi connectivity index (χ0v) is 13.5. The van der Waals surface area contributed by atoms with E-state index in [9.17, 15) is 9.59 Å². The Morgan fingerprint density at radius 3 is 2.46 bits per heavy atom. The summed E-state index contributed by atoms with van der Waals surface area (Å²) < 4.78 is 1.86. The highest BCUT2D eigenvalue weighted by Crippen LogP contribution is 2.30. The molecule has 4 heteroatoms. The maximum absolute atomic E-state index is 13.1. The first-order valence-corrected chi connectivity index (χ1v) is 8.10. The van der Waals surface area contributed by atoms with Gasteiger partial charge < -0.3 is 9.47 Å². The molecule has 2 heterocycles. The summed E-state index contributed by atoms with van der Waals surface area (Å²) in [6, 6.07) is 17.6. The smallest absolute Gasteiger partial charge is 0.271 e. The second kappa shape index (κ2) is 5.64. The Labute approximate surface area is 140 Å². The molecule has 0 saturated heterocycles. The van der Waals surface area contributed by atoms with Crippen LogP contribution in [0.25, 0.3) is 10.9 Å². The number of amides is 1. The lowest BCUT2D eigenvalue weighted by atomic mass is 10.1. The van der Waals surface area contributed by atoms with Crippen LogP contribution in [-0.2, 0) is 13.6 Å². The maximum Gasteiger partial charge on any atom is 0.271 e. The average molecular weight is 318 g/mol. The van der Waals surface area contributed by atoms with Crippen molar-refractivity contribution in [1.82, 2.24) is 9.47 Å². The fraction of sp³-hybridized carbons (Fsp3) is 0.200. The van der Waals surface area contributed by atoms with Crippen molar-refractivity contribution in [3.05, 3.63) is 71.4 Å². The number of Topliss-reactive ketones (excluding diaryl/α,β-unsaturated/α-hetero) is 1. The molecule has 24 heavy (non-hydrogen) atoms. The van der Waals surface area contributed by atoms with Crippen LogP contribution in [0.15, 0.2) is 54.6 Å². The van der Waals surface area contributed by atoms with Crippen molar-refractivity contribution in [1.29, 1.82) is 0 Å². The number of rotatable bonds is 2. The molecule has 0 spiro atoms. The van der Waals surface area contributed by atoms with Crippen molar-refractivity contribution in [3.63, 3.8) is 0 Å². The summed E-state index contributed by atoms with van der Waals surface area (Å²) in [6.45, 7) is 0.976. The minimum atomic E-state index is -0.0709. The molecule has 2 aromatic carbocycles. The molecule has 0 N–H and O–H groups in total. The number of hydrogen-bond donors (Lipinski definition) is 0. The minimum Gasteiger partial charge on any atom is -0.339 e. The number of carbonyl (C=O) groups excluding carboxylic acids is 2. The maximum atomic E-state index is 13.1. The molecule has 1 aliphatic rings. The number of hydrogen-bond acceptors (Lipinski definition) is 2. The Hall–Kier alpha value is -2.88. The number of fused-ring (bicyclic) bond motifs is 3. The molecule has 120 valence electrons. The predicted octanol–water partition coefficient (Wildman–Crippen LogP) is 3.41. The highest BCUT2D eigenvalue weighted by Gasteiger charge is 2.32.